The summed E-state index contributed by atoms with van der Waals surface area (Å²) in [5.41, 5.74) is 6.51. The predicted molar refractivity (Wildman–Crippen MR) is 51.5 cm³/mol. The van der Waals surface area contributed by atoms with Gasteiger partial charge in [0.1, 0.15) is 18.3 Å². The molecule has 2 heterocycles. The van der Waals surface area contributed by atoms with E-state index in [9.17, 15) is 0 Å². The third kappa shape index (κ3) is 1.29. The molecule has 0 spiro atoms. The molecule has 72 valence electrons. The molecule has 0 amide bonds. The van der Waals surface area contributed by atoms with Crippen molar-refractivity contribution in [1.29, 1.82) is 0 Å². The van der Waals surface area contributed by atoms with Crippen molar-refractivity contribution in [3.8, 4) is 11.5 Å². The molecular formula is C7H7ClN6. The Kier molecular flexibility index (Phi) is 2.05. The second kappa shape index (κ2) is 3.22. The highest BCUT2D eigenvalue weighted by Crippen LogP contribution is 2.25. The average Bonchev–Trinajstić information content (AvgIpc) is 2.57. The fourth-order valence-electron chi connectivity index (χ4n) is 1.05. The highest BCUT2D eigenvalue weighted by Gasteiger charge is 2.12. The standard InChI is InChI=1S/C7H7ClN6/c1-14-3-12-13-7(14)5-4(9)6(8)11-2-10-5/h2-3H,9H2,1H3. The van der Waals surface area contributed by atoms with Gasteiger partial charge in [-0.1, -0.05) is 11.6 Å². The van der Waals surface area contributed by atoms with Crippen LogP contribution in [-0.2, 0) is 7.05 Å². The largest absolute Gasteiger partial charge is 0.394 e. The van der Waals surface area contributed by atoms with E-state index < -0.39 is 0 Å². The van der Waals surface area contributed by atoms with Gasteiger partial charge in [0, 0.05) is 7.05 Å². The Morgan fingerprint density at radius 1 is 1.43 bits per heavy atom. The first-order valence-corrected chi connectivity index (χ1v) is 4.18. The number of nitrogen functional groups attached to an aromatic ring is 1. The predicted octanol–water partition coefficient (Wildman–Crippen LogP) is 0.508. The first-order valence-electron chi connectivity index (χ1n) is 3.80. The second-order valence-corrected chi connectivity index (χ2v) is 3.05. The fraction of sp³-hybridized carbons (Fsp3) is 0.143. The Labute approximate surface area is 84.8 Å². The number of hydrogen-bond donors (Lipinski definition) is 1. The van der Waals surface area contributed by atoms with Gasteiger partial charge in [-0.15, -0.1) is 10.2 Å². The van der Waals surface area contributed by atoms with Gasteiger partial charge in [0.15, 0.2) is 11.0 Å². The first kappa shape index (κ1) is 8.89. The number of halogens is 1. The Hall–Kier alpha value is -1.69. The number of rotatable bonds is 1. The number of nitrogens with two attached hydrogens (primary N) is 1. The zero-order valence-corrected chi connectivity index (χ0v) is 8.10. The molecule has 2 aromatic rings. The van der Waals surface area contributed by atoms with E-state index in [1.165, 1.54) is 6.33 Å². The van der Waals surface area contributed by atoms with Gasteiger partial charge >= 0.3 is 0 Å². The summed E-state index contributed by atoms with van der Waals surface area (Å²) in [6.45, 7) is 0. The monoisotopic (exact) mass is 210 g/mol. The molecule has 0 fully saturated rings. The highest BCUT2D eigenvalue weighted by molar-refractivity contribution is 6.32. The van der Waals surface area contributed by atoms with Crippen molar-refractivity contribution in [3.05, 3.63) is 17.8 Å². The molecule has 0 aliphatic carbocycles. The number of aromatic nitrogens is 5. The van der Waals surface area contributed by atoms with Crippen molar-refractivity contribution in [1.82, 2.24) is 24.7 Å². The summed E-state index contributed by atoms with van der Waals surface area (Å²) < 4.78 is 1.70. The lowest BCUT2D eigenvalue weighted by atomic mass is 10.3. The molecule has 0 bridgehead atoms. The van der Waals surface area contributed by atoms with E-state index >= 15 is 0 Å². The molecule has 0 saturated heterocycles. The van der Waals surface area contributed by atoms with E-state index in [1.54, 1.807) is 17.9 Å². The topological polar surface area (TPSA) is 82.5 Å². The number of anilines is 1. The summed E-state index contributed by atoms with van der Waals surface area (Å²) in [4.78, 5) is 7.75. The van der Waals surface area contributed by atoms with Gasteiger partial charge in [-0.2, -0.15) is 0 Å². The SMILES string of the molecule is Cn1cnnc1-c1ncnc(Cl)c1N. The van der Waals surface area contributed by atoms with Crippen LogP contribution in [0.1, 0.15) is 0 Å². The second-order valence-electron chi connectivity index (χ2n) is 2.69. The van der Waals surface area contributed by atoms with E-state index in [4.69, 9.17) is 17.3 Å². The van der Waals surface area contributed by atoms with Crippen LogP contribution < -0.4 is 5.73 Å². The van der Waals surface area contributed by atoms with E-state index in [1.807, 2.05) is 0 Å². The average molecular weight is 211 g/mol. The third-order valence-corrected chi connectivity index (χ3v) is 2.06. The molecule has 2 aromatic heterocycles. The molecular weight excluding hydrogens is 204 g/mol. The number of hydrogen-bond acceptors (Lipinski definition) is 5. The van der Waals surface area contributed by atoms with Crippen LogP contribution in [0, 0.1) is 0 Å². The van der Waals surface area contributed by atoms with Gasteiger partial charge in [-0.05, 0) is 0 Å². The molecule has 7 heteroatoms. The zero-order valence-electron chi connectivity index (χ0n) is 7.35. The minimum atomic E-state index is 0.220. The lowest BCUT2D eigenvalue weighted by Gasteiger charge is -2.03. The molecule has 2 rings (SSSR count). The quantitative estimate of drug-likeness (QED) is 0.694. The van der Waals surface area contributed by atoms with Crippen LogP contribution in [0.4, 0.5) is 5.69 Å². The minimum Gasteiger partial charge on any atom is -0.394 e. The van der Waals surface area contributed by atoms with Crippen LogP contribution in [0.15, 0.2) is 12.7 Å². The van der Waals surface area contributed by atoms with Gasteiger partial charge < -0.3 is 10.3 Å². The van der Waals surface area contributed by atoms with E-state index in [0.29, 0.717) is 17.2 Å². The number of aryl methyl sites for hydroxylation is 1. The van der Waals surface area contributed by atoms with Crippen LogP contribution in [0.5, 0.6) is 0 Å². The van der Waals surface area contributed by atoms with Gasteiger partial charge in [0.05, 0.1) is 5.69 Å². The van der Waals surface area contributed by atoms with E-state index in [0.717, 1.165) is 0 Å². The molecule has 0 atom stereocenters. The Balaban J connectivity index is 2.63. The van der Waals surface area contributed by atoms with Crippen molar-refractivity contribution in [2.75, 3.05) is 5.73 Å². The van der Waals surface area contributed by atoms with Crippen molar-refractivity contribution in [2.24, 2.45) is 7.05 Å². The third-order valence-electron chi connectivity index (χ3n) is 1.76. The molecule has 0 aliphatic rings. The van der Waals surface area contributed by atoms with Crippen LogP contribution in [0.2, 0.25) is 5.15 Å². The van der Waals surface area contributed by atoms with Gasteiger partial charge in [0.25, 0.3) is 0 Å². The molecule has 0 aromatic carbocycles. The van der Waals surface area contributed by atoms with Crippen LogP contribution in [0.3, 0.4) is 0 Å². The first-order chi connectivity index (χ1) is 6.70. The molecule has 0 saturated carbocycles. The molecule has 14 heavy (non-hydrogen) atoms. The Bertz CT molecular complexity index is 465. The maximum atomic E-state index is 5.75. The van der Waals surface area contributed by atoms with Crippen molar-refractivity contribution in [3.63, 3.8) is 0 Å². The summed E-state index contributed by atoms with van der Waals surface area (Å²) in [5, 5.41) is 7.82. The van der Waals surface area contributed by atoms with Crippen molar-refractivity contribution < 1.29 is 0 Å². The summed E-state index contributed by atoms with van der Waals surface area (Å²) in [7, 11) is 1.80. The van der Waals surface area contributed by atoms with Gasteiger partial charge in [-0.25, -0.2) is 9.97 Å². The van der Waals surface area contributed by atoms with Crippen molar-refractivity contribution in [2.45, 2.75) is 0 Å². The van der Waals surface area contributed by atoms with Crippen LogP contribution in [0.25, 0.3) is 11.5 Å². The van der Waals surface area contributed by atoms with Crippen molar-refractivity contribution >= 4 is 17.3 Å². The zero-order chi connectivity index (χ0) is 10.1. The molecule has 0 aliphatic heterocycles. The lowest BCUT2D eigenvalue weighted by molar-refractivity contribution is 0.912. The van der Waals surface area contributed by atoms with Gasteiger partial charge in [0.2, 0.25) is 0 Å². The van der Waals surface area contributed by atoms with E-state index in [-0.39, 0.29) is 5.15 Å². The van der Waals surface area contributed by atoms with Crippen LogP contribution in [-0.4, -0.2) is 24.7 Å². The highest BCUT2D eigenvalue weighted by atomic mass is 35.5. The summed E-state index contributed by atoms with van der Waals surface area (Å²) >= 11 is 5.75. The van der Waals surface area contributed by atoms with Crippen LogP contribution >= 0.6 is 11.6 Å². The normalized spacial score (nSPS) is 10.4. The minimum absolute atomic E-state index is 0.220. The molecule has 0 unspecified atom stereocenters. The Morgan fingerprint density at radius 3 is 2.86 bits per heavy atom. The van der Waals surface area contributed by atoms with E-state index in [2.05, 4.69) is 20.2 Å². The summed E-state index contributed by atoms with van der Waals surface area (Å²) in [5.74, 6) is 0.562. The Morgan fingerprint density at radius 2 is 2.21 bits per heavy atom. The number of nitrogens with zero attached hydrogens (tertiary/aromatic N) is 5. The molecule has 6 nitrogen and oxygen atoms in total. The summed E-state index contributed by atoms with van der Waals surface area (Å²) in [6.07, 6.45) is 2.90. The summed E-state index contributed by atoms with van der Waals surface area (Å²) in [6, 6.07) is 0. The maximum absolute atomic E-state index is 5.75. The fourth-order valence-corrected chi connectivity index (χ4v) is 1.18. The molecule has 0 radical (unpaired) electrons. The smallest absolute Gasteiger partial charge is 0.184 e. The molecule has 2 N–H and O–H groups in total. The van der Waals surface area contributed by atoms with Gasteiger partial charge in [-0.3, -0.25) is 0 Å². The lowest BCUT2D eigenvalue weighted by Crippen LogP contribution is -2.00. The maximum Gasteiger partial charge on any atom is 0.184 e.